The van der Waals surface area contributed by atoms with Gasteiger partial charge >= 0.3 is 0 Å². The number of piperidine rings is 1. The van der Waals surface area contributed by atoms with Gasteiger partial charge in [-0.05, 0) is 12.0 Å². The summed E-state index contributed by atoms with van der Waals surface area (Å²) in [6.45, 7) is 1.83. The average Bonchev–Trinajstić information content (AvgIpc) is 2.31. The van der Waals surface area contributed by atoms with E-state index in [-0.39, 0.29) is 17.9 Å². The Morgan fingerprint density at radius 2 is 1.83 bits per heavy atom. The molecule has 2 saturated heterocycles. The maximum atomic E-state index is 11.7. The Morgan fingerprint density at radius 1 is 1.11 bits per heavy atom. The molecule has 2 aliphatic rings. The van der Waals surface area contributed by atoms with Crippen molar-refractivity contribution in [3.63, 3.8) is 0 Å². The molecule has 1 N–H and O–H groups in total. The quantitative estimate of drug-likeness (QED) is 0.786. The maximum Gasteiger partial charge on any atom is 0.243 e. The first-order valence-electron chi connectivity index (χ1n) is 6.37. The zero-order chi connectivity index (χ0) is 12.5. The lowest BCUT2D eigenvalue weighted by molar-refractivity contribution is -0.139. The van der Waals surface area contributed by atoms with Crippen LogP contribution < -0.4 is 5.32 Å². The topological polar surface area (TPSA) is 49.4 Å². The van der Waals surface area contributed by atoms with Gasteiger partial charge in [0, 0.05) is 25.4 Å². The third-order valence-electron chi connectivity index (χ3n) is 3.83. The molecule has 1 atom stereocenters. The molecule has 0 aromatic heterocycles. The highest BCUT2D eigenvalue weighted by Gasteiger charge is 2.38. The highest BCUT2D eigenvalue weighted by atomic mass is 16.2. The van der Waals surface area contributed by atoms with Gasteiger partial charge < -0.3 is 0 Å². The molecule has 1 aromatic carbocycles. The number of rotatable bonds is 2. The lowest BCUT2D eigenvalue weighted by Gasteiger charge is -2.44. The predicted octanol–water partition coefficient (Wildman–Crippen LogP) is 0.891. The first kappa shape index (κ1) is 11.4. The molecular formula is C14H16N2O2. The van der Waals surface area contributed by atoms with Crippen LogP contribution in [0.5, 0.6) is 0 Å². The summed E-state index contributed by atoms with van der Waals surface area (Å²) in [6.07, 6.45) is 1.12. The minimum atomic E-state index is -0.142. The van der Waals surface area contributed by atoms with Crippen molar-refractivity contribution in [3.05, 3.63) is 35.9 Å². The maximum absolute atomic E-state index is 11.7. The van der Waals surface area contributed by atoms with E-state index in [0.29, 0.717) is 18.8 Å². The van der Waals surface area contributed by atoms with E-state index < -0.39 is 0 Å². The number of carbonyl (C=O) groups is 2. The van der Waals surface area contributed by atoms with Gasteiger partial charge in [0.15, 0.2) is 0 Å². The average molecular weight is 244 g/mol. The van der Waals surface area contributed by atoms with Crippen LogP contribution in [0.2, 0.25) is 0 Å². The Hall–Kier alpha value is -1.68. The molecule has 1 unspecified atom stereocenters. The molecule has 0 bridgehead atoms. The molecule has 0 saturated carbocycles. The molecule has 0 radical (unpaired) electrons. The smallest absolute Gasteiger partial charge is 0.243 e. The molecule has 2 aliphatic heterocycles. The fourth-order valence-corrected chi connectivity index (χ4v) is 2.73. The summed E-state index contributed by atoms with van der Waals surface area (Å²) in [7, 11) is 0. The number of amides is 2. The van der Waals surface area contributed by atoms with Crippen LogP contribution >= 0.6 is 0 Å². The Bertz CT molecular complexity index is 466. The standard InChI is InChI=1S/C14H16N2O2/c17-13-7-6-12(14(18)15-13)16-8-11(9-16)10-4-2-1-3-5-10/h1-5,11-12H,6-9H2,(H,15,17,18). The van der Waals surface area contributed by atoms with Crippen LogP contribution in [-0.4, -0.2) is 35.8 Å². The first-order chi connectivity index (χ1) is 8.74. The van der Waals surface area contributed by atoms with Crippen LogP contribution in [0.25, 0.3) is 0 Å². The van der Waals surface area contributed by atoms with Gasteiger partial charge in [-0.25, -0.2) is 0 Å². The number of nitrogens with one attached hydrogen (secondary N) is 1. The fourth-order valence-electron chi connectivity index (χ4n) is 2.73. The summed E-state index contributed by atoms with van der Waals surface area (Å²) in [5.74, 6) is 0.255. The summed E-state index contributed by atoms with van der Waals surface area (Å²) in [5.41, 5.74) is 1.33. The van der Waals surface area contributed by atoms with Gasteiger partial charge in [0.2, 0.25) is 11.8 Å². The van der Waals surface area contributed by atoms with E-state index in [4.69, 9.17) is 0 Å². The molecule has 3 rings (SSSR count). The lowest BCUT2D eigenvalue weighted by atomic mass is 9.88. The molecule has 2 fully saturated rings. The minimum Gasteiger partial charge on any atom is -0.295 e. The normalized spacial score (nSPS) is 25.7. The summed E-state index contributed by atoms with van der Waals surface area (Å²) in [4.78, 5) is 25.0. The number of likely N-dealkylation sites (tertiary alicyclic amines) is 1. The fraction of sp³-hybridized carbons (Fsp3) is 0.429. The van der Waals surface area contributed by atoms with Crippen LogP contribution in [0.1, 0.15) is 24.3 Å². The largest absolute Gasteiger partial charge is 0.295 e. The molecular weight excluding hydrogens is 228 g/mol. The van der Waals surface area contributed by atoms with Crippen LogP contribution in [0.4, 0.5) is 0 Å². The number of hydrogen-bond acceptors (Lipinski definition) is 3. The molecule has 0 spiro atoms. The van der Waals surface area contributed by atoms with Crippen LogP contribution in [0, 0.1) is 0 Å². The molecule has 2 amide bonds. The number of nitrogens with zero attached hydrogens (tertiary/aromatic N) is 1. The van der Waals surface area contributed by atoms with Crippen LogP contribution in [0.3, 0.4) is 0 Å². The van der Waals surface area contributed by atoms with Crippen molar-refractivity contribution in [2.24, 2.45) is 0 Å². The molecule has 1 aromatic rings. The van der Waals surface area contributed by atoms with Gasteiger partial charge in [-0.3, -0.25) is 19.8 Å². The van der Waals surface area contributed by atoms with Gasteiger partial charge in [0.05, 0.1) is 6.04 Å². The molecule has 4 nitrogen and oxygen atoms in total. The third-order valence-corrected chi connectivity index (χ3v) is 3.83. The van der Waals surface area contributed by atoms with Gasteiger partial charge in [-0.15, -0.1) is 0 Å². The monoisotopic (exact) mass is 244 g/mol. The van der Waals surface area contributed by atoms with E-state index in [1.807, 2.05) is 18.2 Å². The summed E-state index contributed by atoms with van der Waals surface area (Å²) in [6, 6.07) is 10.3. The lowest BCUT2D eigenvalue weighted by Crippen LogP contribution is -2.59. The second-order valence-electron chi connectivity index (χ2n) is 5.03. The van der Waals surface area contributed by atoms with Crippen molar-refractivity contribution in [1.82, 2.24) is 10.2 Å². The van der Waals surface area contributed by atoms with Crippen molar-refractivity contribution in [2.75, 3.05) is 13.1 Å². The Kier molecular flexibility index (Phi) is 2.88. The van der Waals surface area contributed by atoms with Gasteiger partial charge in [0.1, 0.15) is 0 Å². The highest BCUT2D eigenvalue weighted by Crippen LogP contribution is 2.30. The second-order valence-corrected chi connectivity index (χ2v) is 5.03. The van der Waals surface area contributed by atoms with Crippen molar-refractivity contribution in [1.29, 1.82) is 0 Å². The van der Waals surface area contributed by atoms with E-state index >= 15 is 0 Å². The van der Waals surface area contributed by atoms with Crippen LogP contribution in [-0.2, 0) is 9.59 Å². The number of hydrogen-bond donors (Lipinski definition) is 1. The van der Waals surface area contributed by atoms with E-state index in [2.05, 4.69) is 22.3 Å². The third kappa shape index (κ3) is 2.04. The predicted molar refractivity (Wildman–Crippen MR) is 66.9 cm³/mol. The van der Waals surface area contributed by atoms with E-state index in [0.717, 1.165) is 13.1 Å². The molecule has 2 heterocycles. The summed E-state index contributed by atoms with van der Waals surface area (Å²) >= 11 is 0. The van der Waals surface area contributed by atoms with Crippen molar-refractivity contribution >= 4 is 11.8 Å². The van der Waals surface area contributed by atoms with E-state index in [9.17, 15) is 9.59 Å². The van der Waals surface area contributed by atoms with E-state index in [1.54, 1.807) is 0 Å². The molecule has 0 aliphatic carbocycles. The summed E-state index contributed by atoms with van der Waals surface area (Å²) < 4.78 is 0. The van der Waals surface area contributed by atoms with E-state index in [1.165, 1.54) is 5.56 Å². The number of benzene rings is 1. The zero-order valence-electron chi connectivity index (χ0n) is 10.1. The first-order valence-corrected chi connectivity index (χ1v) is 6.37. The Labute approximate surface area is 106 Å². The Balaban J connectivity index is 1.59. The van der Waals surface area contributed by atoms with Crippen molar-refractivity contribution in [2.45, 2.75) is 24.8 Å². The second kappa shape index (κ2) is 4.53. The number of imide groups is 1. The van der Waals surface area contributed by atoms with Crippen molar-refractivity contribution in [3.8, 4) is 0 Å². The Morgan fingerprint density at radius 3 is 2.50 bits per heavy atom. The number of carbonyl (C=O) groups excluding carboxylic acids is 2. The molecule has 94 valence electrons. The van der Waals surface area contributed by atoms with Gasteiger partial charge in [-0.1, -0.05) is 30.3 Å². The van der Waals surface area contributed by atoms with Gasteiger partial charge in [-0.2, -0.15) is 0 Å². The molecule has 4 heteroatoms. The van der Waals surface area contributed by atoms with Gasteiger partial charge in [0.25, 0.3) is 0 Å². The SMILES string of the molecule is O=C1CCC(N2CC(c3ccccc3)C2)C(=O)N1. The molecule has 18 heavy (non-hydrogen) atoms. The van der Waals surface area contributed by atoms with Crippen LogP contribution in [0.15, 0.2) is 30.3 Å². The zero-order valence-corrected chi connectivity index (χ0v) is 10.1. The highest BCUT2D eigenvalue weighted by molar-refractivity contribution is 6.00. The van der Waals surface area contributed by atoms with Crippen molar-refractivity contribution < 1.29 is 9.59 Å². The summed E-state index contributed by atoms with van der Waals surface area (Å²) in [5, 5.41) is 2.41. The minimum absolute atomic E-state index is 0.109.